The molecule has 0 unspecified atom stereocenters. The lowest BCUT2D eigenvalue weighted by atomic mass is 10.0. The van der Waals surface area contributed by atoms with Crippen LogP contribution in [0.3, 0.4) is 0 Å². The van der Waals surface area contributed by atoms with E-state index in [0.717, 1.165) is 25.2 Å². The summed E-state index contributed by atoms with van der Waals surface area (Å²) in [6.07, 6.45) is 1.03. The number of carbonyl (C=O) groups is 1. The lowest BCUT2D eigenvalue weighted by Crippen LogP contribution is -2.23. The molecule has 128 valence electrons. The van der Waals surface area contributed by atoms with Crippen LogP contribution < -0.4 is 20.1 Å². The Morgan fingerprint density at radius 1 is 1.04 bits per heavy atom. The van der Waals surface area contributed by atoms with Crippen molar-refractivity contribution in [1.82, 2.24) is 5.32 Å². The lowest BCUT2D eigenvalue weighted by Gasteiger charge is -2.18. The van der Waals surface area contributed by atoms with E-state index in [2.05, 4.69) is 16.7 Å². The molecule has 0 fully saturated rings. The van der Waals surface area contributed by atoms with Crippen LogP contribution in [-0.2, 0) is 13.0 Å². The zero-order chi connectivity index (χ0) is 16.2. The van der Waals surface area contributed by atoms with E-state index >= 15 is 0 Å². The minimum atomic E-state index is -0.172. The van der Waals surface area contributed by atoms with Gasteiger partial charge in [-0.25, -0.2) is 0 Å². The molecule has 0 radical (unpaired) electrons. The van der Waals surface area contributed by atoms with Crippen LogP contribution in [0.5, 0.6) is 11.5 Å². The third-order valence-corrected chi connectivity index (χ3v) is 4.00. The molecule has 1 amide bonds. The average Bonchev–Trinajstić information content (AvgIpc) is 2.60. The average molecular weight is 349 g/mol. The summed E-state index contributed by atoms with van der Waals surface area (Å²) in [7, 11) is 3.12. The zero-order valence-corrected chi connectivity index (χ0v) is 14.5. The van der Waals surface area contributed by atoms with Gasteiger partial charge in [-0.2, -0.15) is 0 Å². The van der Waals surface area contributed by atoms with E-state index in [1.54, 1.807) is 32.4 Å². The molecule has 3 rings (SSSR count). The Bertz CT molecular complexity index is 734. The highest BCUT2D eigenvalue weighted by atomic mass is 35.5. The summed E-state index contributed by atoms with van der Waals surface area (Å²) in [5, 5.41) is 6.27. The van der Waals surface area contributed by atoms with Crippen molar-refractivity contribution < 1.29 is 14.3 Å². The Balaban J connectivity index is 0.00000208. The van der Waals surface area contributed by atoms with Gasteiger partial charge >= 0.3 is 0 Å². The number of hydrogen-bond donors (Lipinski definition) is 2. The number of fused-ring (bicyclic) bond motifs is 1. The molecular weight excluding hydrogens is 328 g/mol. The van der Waals surface area contributed by atoms with Crippen molar-refractivity contribution >= 4 is 24.0 Å². The molecule has 1 heterocycles. The minimum absolute atomic E-state index is 0. The van der Waals surface area contributed by atoms with Gasteiger partial charge in [0.2, 0.25) is 0 Å². The van der Waals surface area contributed by atoms with Gasteiger partial charge in [0.25, 0.3) is 5.91 Å². The summed E-state index contributed by atoms with van der Waals surface area (Å²) in [6, 6.07) is 11.2. The molecule has 5 nitrogen and oxygen atoms in total. The number of rotatable bonds is 4. The van der Waals surface area contributed by atoms with E-state index in [1.807, 2.05) is 12.1 Å². The van der Waals surface area contributed by atoms with Gasteiger partial charge in [-0.1, -0.05) is 6.07 Å². The van der Waals surface area contributed by atoms with E-state index in [-0.39, 0.29) is 18.3 Å². The van der Waals surface area contributed by atoms with Crippen molar-refractivity contribution in [2.24, 2.45) is 0 Å². The molecule has 1 aliphatic rings. The van der Waals surface area contributed by atoms with E-state index in [9.17, 15) is 4.79 Å². The molecule has 0 saturated heterocycles. The van der Waals surface area contributed by atoms with Crippen molar-refractivity contribution in [3.05, 3.63) is 53.1 Å². The smallest absolute Gasteiger partial charge is 0.255 e. The normalized spacial score (nSPS) is 12.6. The van der Waals surface area contributed by atoms with E-state index in [0.29, 0.717) is 17.1 Å². The number of amides is 1. The number of nitrogens with one attached hydrogen (secondary N) is 2. The second-order valence-corrected chi connectivity index (χ2v) is 5.43. The van der Waals surface area contributed by atoms with Gasteiger partial charge in [-0.05, 0) is 54.4 Å². The van der Waals surface area contributed by atoms with Crippen LogP contribution in [0.15, 0.2) is 36.4 Å². The van der Waals surface area contributed by atoms with E-state index in [1.165, 1.54) is 11.1 Å². The Morgan fingerprint density at radius 3 is 2.58 bits per heavy atom. The van der Waals surface area contributed by atoms with Crippen molar-refractivity contribution in [1.29, 1.82) is 0 Å². The number of ether oxygens (including phenoxy) is 2. The monoisotopic (exact) mass is 348 g/mol. The van der Waals surface area contributed by atoms with Crippen molar-refractivity contribution in [3.8, 4) is 11.5 Å². The second kappa shape index (κ2) is 8.04. The highest BCUT2D eigenvalue weighted by molar-refractivity contribution is 6.04. The molecule has 0 spiro atoms. The fraction of sp³-hybridized carbons (Fsp3) is 0.278. The van der Waals surface area contributed by atoms with Crippen molar-refractivity contribution in [3.63, 3.8) is 0 Å². The maximum Gasteiger partial charge on any atom is 0.255 e. The van der Waals surface area contributed by atoms with Gasteiger partial charge in [0, 0.05) is 17.8 Å². The minimum Gasteiger partial charge on any atom is -0.493 e. The number of methoxy groups -OCH3 is 2. The first-order chi connectivity index (χ1) is 11.2. The Kier molecular flexibility index (Phi) is 6.06. The van der Waals surface area contributed by atoms with Crippen LogP contribution >= 0.6 is 12.4 Å². The summed E-state index contributed by atoms with van der Waals surface area (Å²) in [6.45, 7) is 1.85. The Morgan fingerprint density at radius 2 is 1.83 bits per heavy atom. The third-order valence-electron chi connectivity index (χ3n) is 4.00. The number of halogens is 1. The fourth-order valence-electron chi connectivity index (χ4n) is 2.74. The van der Waals surface area contributed by atoms with Gasteiger partial charge in [0.1, 0.15) is 0 Å². The highest BCUT2D eigenvalue weighted by Gasteiger charge is 2.13. The maximum absolute atomic E-state index is 12.4. The first kappa shape index (κ1) is 18.1. The molecule has 1 aliphatic heterocycles. The summed E-state index contributed by atoms with van der Waals surface area (Å²) in [4.78, 5) is 12.4. The first-order valence-electron chi connectivity index (χ1n) is 7.57. The lowest BCUT2D eigenvalue weighted by molar-refractivity contribution is 0.102. The molecule has 0 saturated carbocycles. The SMILES string of the molecule is COc1ccc(C(=O)Nc2ccc3c(c2)CNCC3)cc1OC.Cl. The van der Waals surface area contributed by atoms with Crippen LogP contribution in [0.25, 0.3) is 0 Å². The summed E-state index contributed by atoms with van der Waals surface area (Å²) in [5.74, 6) is 0.966. The van der Waals surface area contributed by atoms with Crippen LogP contribution in [-0.4, -0.2) is 26.7 Å². The van der Waals surface area contributed by atoms with Crippen LogP contribution in [0.4, 0.5) is 5.69 Å². The third kappa shape index (κ3) is 3.80. The van der Waals surface area contributed by atoms with Crippen LogP contribution in [0.2, 0.25) is 0 Å². The van der Waals surface area contributed by atoms with Crippen molar-refractivity contribution in [2.45, 2.75) is 13.0 Å². The second-order valence-electron chi connectivity index (χ2n) is 5.43. The molecule has 6 heteroatoms. The van der Waals surface area contributed by atoms with Gasteiger partial charge < -0.3 is 20.1 Å². The molecule has 0 atom stereocenters. The van der Waals surface area contributed by atoms with Gasteiger partial charge in [0.15, 0.2) is 11.5 Å². The maximum atomic E-state index is 12.4. The number of benzene rings is 2. The fourth-order valence-corrected chi connectivity index (χ4v) is 2.74. The molecule has 24 heavy (non-hydrogen) atoms. The molecule has 0 bridgehead atoms. The molecule has 2 N–H and O–H groups in total. The molecule has 0 aromatic heterocycles. The van der Waals surface area contributed by atoms with Crippen LogP contribution in [0.1, 0.15) is 21.5 Å². The number of carbonyl (C=O) groups excluding carboxylic acids is 1. The topological polar surface area (TPSA) is 59.6 Å². The van der Waals surface area contributed by atoms with E-state index in [4.69, 9.17) is 9.47 Å². The number of anilines is 1. The summed E-state index contributed by atoms with van der Waals surface area (Å²) >= 11 is 0. The van der Waals surface area contributed by atoms with Gasteiger partial charge in [-0.3, -0.25) is 4.79 Å². The predicted molar refractivity (Wildman–Crippen MR) is 96.6 cm³/mol. The van der Waals surface area contributed by atoms with Crippen molar-refractivity contribution in [2.75, 3.05) is 26.1 Å². The zero-order valence-electron chi connectivity index (χ0n) is 13.7. The quantitative estimate of drug-likeness (QED) is 0.891. The first-order valence-corrected chi connectivity index (χ1v) is 7.57. The molecule has 2 aromatic carbocycles. The Labute approximate surface area is 147 Å². The standard InChI is InChI=1S/C18H20N2O3.ClH/c1-22-16-6-4-13(10-17(16)23-2)18(21)20-15-5-3-12-7-8-19-11-14(12)9-15;/h3-6,9-10,19H,7-8,11H2,1-2H3,(H,20,21);1H. The van der Waals surface area contributed by atoms with Crippen LogP contribution in [0, 0.1) is 0 Å². The highest BCUT2D eigenvalue weighted by Crippen LogP contribution is 2.28. The largest absolute Gasteiger partial charge is 0.493 e. The predicted octanol–water partition coefficient (Wildman–Crippen LogP) is 3.02. The molecule has 2 aromatic rings. The molecule has 0 aliphatic carbocycles. The summed E-state index contributed by atoms with van der Waals surface area (Å²) < 4.78 is 10.4. The van der Waals surface area contributed by atoms with E-state index < -0.39 is 0 Å². The van der Waals surface area contributed by atoms with Gasteiger partial charge in [0.05, 0.1) is 14.2 Å². The molecular formula is C18H21ClN2O3. The summed E-state index contributed by atoms with van der Waals surface area (Å²) in [5.41, 5.74) is 3.90. The van der Waals surface area contributed by atoms with Gasteiger partial charge in [-0.15, -0.1) is 12.4 Å². The number of hydrogen-bond acceptors (Lipinski definition) is 4. The Hall–Kier alpha value is -2.24.